The third-order valence-corrected chi connectivity index (χ3v) is 6.08. The highest BCUT2D eigenvalue weighted by atomic mass is 16.7. The first-order valence-electron chi connectivity index (χ1n) is 11.1. The molecule has 2 aliphatic heterocycles. The standard InChI is InChI=1S/C23H30N4O4/c1-3-30-23(29)31-21-15-24-27(17(21)2)19-10-8-18(9-11-19)22(28)26-14-6-7-20(26)16-25-12-4-5-13-25/h8-11,15,20H,3-7,12-14,16H2,1-2H3/t20-/m0/s1. The molecule has 4 rings (SSSR count). The number of benzene rings is 1. The van der Waals surface area contributed by atoms with E-state index >= 15 is 0 Å². The maximum atomic E-state index is 13.1. The van der Waals surface area contributed by atoms with Crippen LogP contribution < -0.4 is 4.74 Å². The van der Waals surface area contributed by atoms with Gasteiger partial charge in [0.25, 0.3) is 5.91 Å². The lowest BCUT2D eigenvalue weighted by Gasteiger charge is -2.28. The predicted molar refractivity (Wildman–Crippen MR) is 116 cm³/mol. The molecular formula is C23H30N4O4. The normalized spacial score (nSPS) is 19.0. The number of aromatic nitrogens is 2. The summed E-state index contributed by atoms with van der Waals surface area (Å²) in [5.74, 6) is 0.442. The molecule has 2 fully saturated rings. The number of ether oxygens (including phenoxy) is 2. The van der Waals surface area contributed by atoms with Crippen LogP contribution >= 0.6 is 0 Å². The number of likely N-dealkylation sites (tertiary alicyclic amines) is 2. The zero-order valence-electron chi connectivity index (χ0n) is 18.2. The number of nitrogens with zero attached hydrogens (tertiary/aromatic N) is 4. The smallest absolute Gasteiger partial charge is 0.434 e. The van der Waals surface area contributed by atoms with Gasteiger partial charge in [-0.05, 0) is 76.9 Å². The van der Waals surface area contributed by atoms with Crippen molar-refractivity contribution in [3.05, 3.63) is 41.7 Å². The van der Waals surface area contributed by atoms with Crippen LogP contribution in [0.1, 0.15) is 48.7 Å². The molecule has 2 aromatic rings. The van der Waals surface area contributed by atoms with E-state index in [0.717, 1.165) is 44.7 Å². The molecule has 0 aliphatic carbocycles. The van der Waals surface area contributed by atoms with E-state index in [1.165, 1.54) is 19.0 Å². The van der Waals surface area contributed by atoms with Gasteiger partial charge in [0.2, 0.25) is 0 Å². The van der Waals surface area contributed by atoms with E-state index in [1.807, 2.05) is 36.1 Å². The van der Waals surface area contributed by atoms with Gasteiger partial charge in [-0.1, -0.05) is 0 Å². The van der Waals surface area contributed by atoms with Crippen LogP contribution in [0.5, 0.6) is 5.75 Å². The van der Waals surface area contributed by atoms with E-state index in [9.17, 15) is 9.59 Å². The first-order valence-corrected chi connectivity index (χ1v) is 11.1. The highest BCUT2D eigenvalue weighted by molar-refractivity contribution is 5.94. The molecule has 31 heavy (non-hydrogen) atoms. The third-order valence-electron chi connectivity index (χ3n) is 6.08. The Morgan fingerprint density at radius 1 is 1.10 bits per heavy atom. The molecule has 8 heteroatoms. The summed E-state index contributed by atoms with van der Waals surface area (Å²) in [5, 5.41) is 4.30. The lowest BCUT2D eigenvalue weighted by Crippen LogP contribution is -2.42. The van der Waals surface area contributed by atoms with E-state index in [2.05, 4.69) is 10.00 Å². The molecule has 8 nitrogen and oxygen atoms in total. The molecule has 0 radical (unpaired) electrons. The summed E-state index contributed by atoms with van der Waals surface area (Å²) in [6.07, 6.45) is 5.41. The van der Waals surface area contributed by atoms with Gasteiger partial charge in [0.05, 0.1) is 24.2 Å². The lowest BCUT2D eigenvalue weighted by molar-refractivity contribution is 0.0708. The van der Waals surface area contributed by atoms with Crippen LogP contribution in [0, 0.1) is 6.92 Å². The lowest BCUT2D eigenvalue weighted by atomic mass is 10.1. The molecule has 1 aromatic carbocycles. The van der Waals surface area contributed by atoms with Gasteiger partial charge in [-0.25, -0.2) is 9.48 Å². The highest BCUT2D eigenvalue weighted by Crippen LogP contribution is 2.24. The van der Waals surface area contributed by atoms with Gasteiger partial charge in [-0.2, -0.15) is 5.10 Å². The van der Waals surface area contributed by atoms with E-state index < -0.39 is 6.16 Å². The molecule has 1 atom stereocenters. The Hall–Kier alpha value is -2.87. The van der Waals surface area contributed by atoms with E-state index in [1.54, 1.807) is 11.6 Å². The average Bonchev–Trinajstić information content (AvgIpc) is 3.52. The Morgan fingerprint density at radius 3 is 2.55 bits per heavy atom. The number of hydrogen-bond donors (Lipinski definition) is 0. The van der Waals surface area contributed by atoms with Crippen LogP contribution in [0.3, 0.4) is 0 Å². The summed E-state index contributed by atoms with van der Waals surface area (Å²) >= 11 is 0. The molecule has 0 unspecified atom stereocenters. The largest absolute Gasteiger partial charge is 0.513 e. The van der Waals surface area contributed by atoms with E-state index in [4.69, 9.17) is 9.47 Å². The Labute approximate surface area is 182 Å². The van der Waals surface area contributed by atoms with Crippen molar-refractivity contribution in [1.82, 2.24) is 19.6 Å². The van der Waals surface area contributed by atoms with Crippen LogP contribution in [0.4, 0.5) is 4.79 Å². The van der Waals surface area contributed by atoms with Gasteiger partial charge in [0.15, 0.2) is 5.75 Å². The number of carbonyl (C=O) groups is 2. The molecule has 0 saturated carbocycles. The van der Waals surface area contributed by atoms with Crippen molar-refractivity contribution in [3.63, 3.8) is 0 Å². The average molecular weight is 427 g/mol. The van der Waals surface area contributed by atoms with Gasteiger partial charge in [-0.15, -0.1) is 0 Å². The van der Waals surface area contributed by atoms with Crippen molar-refractivity contribution in [2.45, 2.75) is 45.6 Å². The van der Waals surface area contributed by atoms with Crippen LogP contribution in [0.15, 0.2) is 30.5 Å². The van der Waals surface area contributed by atoms with Crippen molar-refractivity contribution in [2.24, 2.45) is 0 Å². The minimum Gasteiger partial charge on any atom is -0.434 e. The summed E-state index contributed by atoms with van der Waals surface area (Å²) in [5.41, 5.74) is 2.16. The maximum Gasteiger partial charge on any atom is 0.513 e. The fraction of sp³-hybridized carbons (Fsp3) is 0.522. The molecule has 3 heterocycles. The van der Waals surface area contributed by atoms with Crippen molar-refractivity contribution in [3.8, 4) is 11.4 Å². The molecule has 0 bridgehead atoms. The van der Waals surface area contributed by atoms with Crippen LogP contribution in [0.25, 0.3) is 5.69 Å². The molecule has 1 aromatic heterocycles. The van der Waals surface area contributed by atoms with Gasteiger partial charge in [0.1, 0.15) is 0 Å². The Bertz CT molecular complexity index is 918. The molecule has 0 spiro atoms. The quantitative estimate of drug-likeness (QED) is 0.659. The van der Waals surface area contributed by atoms with Crippen LogP contribution in [-0.4, -0.2) is 70.5 Å². The SMILES string of the molecule is CCOC(=O)Oc1cnn(-c2ccc(C(=O)N3CCC[C@H]3CN3CCCC3)cc2)c1C. The predicted octanol–water partition coefficient (Wildman–Crippen LogP) is 3.42. The summed E-state index contributed by atoms with van der Waals surface area (Å²) < 4.78 is 11.7. The molecule has 0 N–H and O–H groups in total. The fourth-order valence-corrected chi connectivity index (χ4v) is 4.46. The van der Waals surface area contributed by atoms with Gasteiger partial charge >= 0.3 is 6.16 Å². The second-order valence-electron chi connectivity index (χ2n) is 8.14. The van der Waals surface area contributed by atoms with E-state index in [-0.39, 0.29) is 12.5 Å². The summed E-state index contributed by atoms with van der Waals surface area (Å²) in [6, 6.07) is 7.73. The number of carbonyl (C=O) groups excluding carboxylic acids is 2. The Balaban J connectivity index is 1.44. The van der Waals surface area contributed by atoms with Crippen LogP contribution in [0.2, 0.25) is 0 Å². The zero-order chi connectivity index (χ0) is 21.8. The molecule has 2 aliphatic rings. The summed E-state index contributed by atoms with van der Waals surface area (Å²) in [4.78, 5) is 29.2. The number of amides is 1. The number of hydrogen-bond acceptors (Lipinski definition) is 6. The van der Waals surface area contributed by atoms with Crippen molar-refractivity contribution >= 4 is 12.1 Å². The minimum absolute atomic E-state index is 0.0942. The molecular weight excluding hydrogens is 396 g/mol. The van der Waals surface area contributed by atoms with Gasteiger partial charge < -0.3 is 19.3 Å². The molecule has 2 saturated heterocycles. The third kappa shape index (κ3) is 4.74. The topological polar surface area (TPSA) is 76.9 Å². The molecule has 1 amide bonds. The first-order chi connectivity index (χ1) is 15.1. The minimum atomic E-state index is -0.750. The zero-order valence-corrected chi connectivity index (χ0v) is 18.2. The Morgan fingerprint density at radius 2 is 1.84 bits per heavy atom. The highest BCUT2D eigenvalue weighted by Gasteiger charge is 2.31. The number of rotatable bonds is 6. The van der Waals surface area contributed by atoms with Crippen molar-refractivity contribution < 1.29 is 19.1 Å². The monoisotopic (exact) mass is 426 g/mol. The Kier molecular flexibility index (Phi) is 6.56. The second-order valence-corrected chi connectivity index (χ2v) is 8.14. The van der Waals surface area contributed by atoms with Crippen LogP contribution in [-0.2, 0) is 4.74 Å². The first kappa shape index (κ1) is 21.4. The fourth-order valence-electron chi connectivity index (χ4n) is 4.46. The van der Waals surface area contributed by atoms with Gasteiger partial charge in [-0.3, -0.25) is 4.79 Å². The van der Waals surface area contributed by atoms with E-state index in [0.29, 0.717) is 23.0 Å². The van der Waals surface area contributed by atoms with Gasteiger partial charge in [0, 0.05) is 24.7 Å². The summed E-state index contributed by atoms with van der Waals surface area (Å²) in [7, 11) is 0. The second kappa shape index (κ2) is 9.51. The molecule has 166 valence electrons. The van der Waals surface area contributed by atoms with Crippen molar-refractivity contribution in [1.29, 1.82) is 0 Å². The maximum absolute atomic E-state index is 13.1. The van der Waals surface area contributed by atoms with Crippen molar-refractivity contribution in [2.75, 3.05) is 32.8 Å². The summed E-state index contributed by atoms with van der Waals surface area (Å²) in [6.45, 7) is 7.89.